The molecule has 1 N–H and O–H groups in total. The van der Waals surface area contributed by atoms with E-state index < -0.39 is 0 Å². The van der Waals surface area contributed by atoms with E-state index in [2.05, 4.69) is 5.32 Å². The number of amides is 2. The maximum absolute atomic E-state index is 12.4. The Hall–Kier alpha value is -2.33. The Labute approximate surface area is 140 Å². The summed E-state index contributed by atoms with van der Waals surface area (Å²) in [5.74, 6) is -0.519. The third-order valence-electron chi connectivity index (χ3n) is 3.95. The van der Waals surface area contributed by atoms with Crippen molar-refractivity contribution in [2.45, 2.75) is 13.3 Å². The van der Waals surface area contributed by atoms with Gasteiger partial charge in [-0.2, -0.15) is 0 Å². The highest BCUT2D eigenvalue weighted by Gasteiger charge is 2.35. The Kier molecular flexibility index (Phi) is 4.35. The van der Waals surface area contributed by atoms with E-state index in [1.165, 1.54) is 0 Å². The number of nitrogens with one attached hydrogen (secondary N) is 1. The highest BCUT2D eigenvalue weighted by atomic mass is 35.5. The van der Waals surface area contributed by atoms with E-state index in [1.807, 2.05) is 31.2 Å². The van der Waals surface area contributed by atoms with Crippen molar-refractivity contribution in [2.24, 2.45) is 5.92 Å². The SMILES string of the molecule is Cc1ccc(NC(=O)[C@H]2CC(=O)N(c3ccc(Cl)cc3)C2)cc1. The van der Waals surface area contributed by atoms with Crippen molar-refractivity contribution in [1.82, 2.24) is 0 Å². The topological polar surface area (TPSA) is 49.4 Å². The average molecular weight is 329 g/mol. The molecule has 1 atom stereocenters. The molecule has 0 aliphatic carbocycles. The standard InChI is InChI=1S/C18H17ClN2O2/c1-12-2-6-15(7-3-12)20-18(23)13-10-17(22)21(11-13)16-8-4-14(19)5-9-16/h2-9,13H,10-11H2,1H3,(H,20,23)/t13-/m0/s1. The van der Waals surface area contributed by atoms with Crippen molar-refractivity contribution in [2.75, 3.05) is 16.8 Å². The molecule has 0 saturated carbocycles. The number of halogens is 1. The number of hydrogen-bond donors (Lipinski definition) is 1. The molecule has 2 aromatic carbocycles. The largest absolute Gasteiger partial charge is 0.326 e. The van der Waals surface area contributed by atoms with Crippen molar-refractivity contribution >= 4 is 34.8 Å². The van der Waals surface area contributed by atoms with Crippen molar-refractivity contribution < 1.29 is 9.59 Å². The van der Waals surface area contributed by atoms with Crippen molar-refractivity contribution in [3.63, 3.8) is 0 Å². The number of benzene rings is 2. The molecule has 1 aliphatic heterocycles. The highest BCUT2D eigenvalue weighted by molar-refractivity contribution is 6.30. The quantitative estimate of drug-likeness (QED) is 0.935. The van der Waals surface area contributed by atoms with E-state index in [9.17, 15) is 9.59 Å². The van der Waals surface area contributed by atoms with Gasteiger partial charge in [-0.15, -0.1) is 0 Å². The van der Waals surface area contributed by atoms with Crippen molar-refractivity contribution in [1.29, 1.82) is 0 Å². The van der Waals surface area contributed by atoms with Crippen molar-refractivity contribution in [3.8, 4) is 0 Å². The number of hydrogen-bond acceptors (Lipinski definition) is 2. The maximum atomic E-state index is 12.4. The third-order valence-corrected chi connectivity index (χ3v) is 4.21. The van der Waals surface area contributed by atoms with E-state index in [0.717, 1.165) is 16.9 Å². The first-order valence-electron chi connectivity index (χ1n) is 7.46. The van der Waals surface area contributed by atoms with Crippen molar-refractivity contribution in [3.05, 3.63) is 59.1 Å². The van der Waals surface area contributed by atoms with Crippen LogP contribution in [0.1, 0.15) is 12.0 Å². The predicted octanol–water partition coefficient (Wildman–Crippen LogP) is 3.64. The molecule has 5 heteroatoms. The van der Waals surface area contributed by atoms with Crippen LogP contribution in [0.25, 0.3) is 0 Å². The van der Waals surface area contributed by atoms with Crippen LogP contribution in [0, 0.1) is 12.8 Å². The summed E-state index contributed by atoms with van der Waals surface area (Å²) in [6.07, 6.45) is 0.223. The zero-order valence-corrected chi connectivity index (χ0v) is 13.5. The molecule has 0 aromatic heterocycles. The second kappa shape index (κ2) is 6.42. The van der Waals surface area contributed by atoms with Gasteiger partial charge in [0.05, 0.1) is 5.92 Å². The summed E-state index contributed by atoms with van der Waals surface area (Å²) in [5.41, 5.74) is 2.65. The molecular weight excluding hydrogens is 312 g/mol. The van der Waals surface area contributed by atoms with Gasteiger partial charge in [-0.3, -0.25) is 9.59 Å². The van der Waals surface area contributed by atoms with Gasteiger partial charge in [0.15, 0.2) is 0 Å². The molecule has 2 amide bonds. The summed E-state index contributed by atoms with van der Waals surface area (Å²) in [6.45, 7) is 2.38. The van der Waals surface area contributed by atoms with Crippen LogP contribution in [0.4, 0.5) is 11.4 Å². The molecule has 1 heterocycles. The lowest BCUT2D eigenvalue weighted by Crippen LogP contribution is -2.28. The summed E-state index contributed by atoms with van der Waals surface area (Å²) < 4.78 is 0. The molecule has 2 aromatic rings. The van der Waals surface area contributed by atoms with Gasteiger partial charge in [-0.05, 0) is 43.3 Å². The minimum absolute atomic E-state index is 0.0450. The Bertz CT molecular complexity index is 726. The fourth-order valence-electron chi connectivity index (χ4n) is 2.63. The zero-order valence-electron chi connectivity index (χ0n) is 12.8. The second-order valence-corrected chi connectivity index (χ2v) is 6.17. The van der Waals surface area contributed by atoms with Gasteiger partial charge in [-0.25, -0.2) is 0 Å². The number of rotatable bonds is 3. The van der Waals surface area contributed by atoms with Crippen LogP contribution in [-0.4, -0.2) is 18.4 Å². The number of anilines is 2. The molecule has 4 nitrogen and oxygen atoms in total. The van der Waals surface area contributed by atoms with Gasteiger partial charge in [0.2, 0.25) is 11.8 Å². The lowest BCUT2D eigenvalue weighted by Gasteiger charge is -2.16. The van der Waals surface area contributed by atoms with Crippen LogP contribution in [0.3, 0.4) is 0 Å². The lowest BCUT2D eigenvalue weighted by molar-refractivity contribution is -0.122. The van der Waals surface area contributed by atoms with Crippen LogP contribution in [0.5, 0.6) is 0 Å². The minimum Gasteiger partial charge on any atom is -0.326 e. The Morgan fingerprint density at radius 3 is 2.43 bits per heavy atom. The summed E-state index contributed by atoms with van der Waals surface area (Å²) >= 11 is 5.87. The van der Waals surface area contributed by atoms with E-state index >= 15 is 0 Å². The number of carbonyl (C=O) groups excluding carboxylic acids is 2. The molecule has 0 bridgehead atoms. The first kappa shape index (κ1) is 15.6. The molecule has 0 radical (unpaired) electrons. The third kappa shape index (κ3) is 3.54. The smallest absolute Gasteiger partial charge is 0.229 e. The average Bonchev–Trinajstić information content (AvgIpc) is 2.92. The summed E-state index contributed by atoms with van der Waals surface area (Å²) in [7, 11) is 0. The molecule has 1 aliphatic rings. The van der Waals surface area contributed by atoms with E-state index in [0.29, 0.717) is 11.6 Å². The van der Waals surface area contributed by atoms with Gasteiger partial charge in [0, 0.05) is 29.4 Å². The molecule has 0 unspecified atom stereocenters. The van der Waals surface area contributed by atoms with Gasteiger partial charge in [0.1, 0.15) is 0 Å². The normalized spacial score (nSPS) is 17.4. The maximum Gasteiger partial charge on any atom is 0.229 e. The summed E-state index contributed by atoms with van der Waals surface area (Å²) in [4.78, 5) is 26.2. The van der Waals surface area contributed by atoms with Gasteiger partial charge < -0.3 is 10.2 Å². The second-order valence-electron chi connectivity index (χ2n) is 5.74. The van der Waals surface area contributed by atoms with Crippen LogP contribution in [0.2, 0.25) is 5.02 Å². The van der Waals surface area contributed by atoms with Crippen LogP contribution < -0.4 is 10.2 Å². The van der Waals surface area contributed by atoms with E-state index in [4.69, 9.17) is 11.6 Å². The fraction of sp³-hybridized carbons (Fsp3) is 0.222. The number of carbonyl (C=O) groups is 2. The van der Waals surface area contributed by atoms with E-state index in [-0.39, 0.29) is 24.2 Å². The molecular formula is C18H17ClN2O2. The predicted molar refractivity (Wildman–Crippen MR) is 91.7 cm³/mol. The molecule has 23 heavy (non-hydrogen) atoms. The molecule has 1 fully saturated rings. The molecule has 0 spiro atoms. The van der Waals surface area contributed by atoms with E-state index in [1.54, 1.807) is 29.2 Å². The molecule has 118 valence electrons. The van der Waals surface area contributed by atoms with Gasteiger partial charge >= 0.3 is 0 Å². The summed E-state index contributed by atoms with van der Waals surface area (Å²) in [5, 5.41) is 3.49. The Balaban J connectivity index is 1.68. The minimum atomic E-state index is -0.348. The van der Waals surface area contributed by atoms with Crippen LogP contribution >= 0.6 is 11.6 Å². The molecule has 3 rings (SSSR count). The van der Waals surface area contributed by atoms with Gasteiger partial charge in [0.25, 0.3) is 0 Å². The summed E-state index contributed by atoms with van der Waals surface area (Å²) in [6, 6.07) is 14.7. The zero-order chi connectivity index (χ0) is 16.4. The van der Waals surface area contributed by atoms with Crippen LogP contribution in [-0.2, 0) is 9.59 Å². The first-order chi connectivity index (χ1) is 11.0. The monoisotopic (exact) mass is 328 g/mol. The Morgan fingerprint density at radius 1 is 1.13 bits per heavy atom. The highest BCUT2D eigenvalue weighted by Crippen LogP contribution is 2.27. The fourth-order valence-corrected chi connectivity index (χ4v) is 2.76. The lowest BCUT2D eigenvalue weighted by atomic mass is 10.1. The Morgan fingerprint density at radius 2 is 1.78 bits per heavy atom. The number of aryl methyl sites for hydroxylation is 1. The number of nitrogens with zero attached hydrogens (tertiary/aromatic N) is 1. The molecule has 1 saturated heterocycles. The first-order valence-corrected chi connectivity index (χ1v) is 7.84. The van der Waals surface area contributed by atoms with Crippen LogP contribution in [0.15, 0.2) is 48.5 Å². The van der Waals surface area contributed by atoms with Gasteiger partial charge in [-0.1, -0.05) is 29.3 Å².